The molecule has 2 rings (SSSR count). The van der Waals surface area contributed by atoms with Gasteiger partial charge < -0.3 is 4.90 Å². The second kappa shape index (κ2) is 7.97. The lowest BCUT2D eigenvalue weighted by Gasteiger charge is -2.28. The summed E-state index contributed by atoms with van der Waals surface area (Å²) in [5, 5.41) is 0.623. The van der Waals surface area contributed by atoms with Crippen molar-refractivity contribution in [3.63, 3.8) is 0 Å². The highest BCUT2D eigenvalue weighted by Gasteiger charge is 2.16. The molecular formula is C16H18ClNOS2. The minimum absolute atomic E-state index is 0.0411. The fraction of sp³-hybridized carbons (Fsp3) is 0.375. The van der Waals surface area contributed by atoms with Crippen molar-refractivity contribution in [2.45, 2.75) is 19.3 Å². The number of hydrogen-bond acceptors (Lipinski definition) is 3. The lowest BCUT2D eigenvalue weighted by molar-refractivity contribution is 0.103. The quantitative estimate of drug-likeness (QED) is 0.454. The third-order valence-electron chi connectivity index (χ3n) is 3.41. The second-order valence-corrected chi connectivity index (χ2v) is 7.09. The van der Waals surface area contributed by atoms with Crippen molar-refractivity contribution in [3.8, 4) is 0 Å². The summed E-state index contributed by atoms with van der Waals surface area (Å²) in [4.78, 5) is 14.5. The highest BCUT2D eigenvalue weighted by molar-refractivity contribution is 8.23. The first kappa shape index (κ1) is 16.5. The highest BCUT2D eigenvalue weighted by atomic mass is 35.5. The summed E-state index contributed by atoms with van der Waals surface area (Å²) in [5.41, 5.74) is 1.19. The summed E-state index contributed by atoms with van der Waals surface area (Å²) < 4.78 is 0.875. The van der Waals surface area contributed by atoms with Crippen molar-refractivity contribution in [1.82, 2.24) is 4.90 Å². The van der Waals surface area contributed by atoms with Crippen LogP contribution in [-0.4, -0.2) is 33.8 Å². The Kier molecular flexibility index (Phi) is 6.27. The van der Waals surface area contributed by atoms with Gasteiger partial charge in [-0.2, -0.15) is 0 Å². The van der Waals surface area contributed by atoms with Crippen molar-refractivity contribution in [2.75, 3.05) is 18.8 Å². The first-order valence-electron chi connectivity index (χ1n) is 6.97. The summed E-state index contributed by atoms with van der Waals surface area (Å²) >= 11 is 12.8. The molecule has 0 aliphatic carbocycles. The Balaban J connectivity index is 1.84. The van der Waals surface area contributed by atoms with Crippen LogP contribution in [0.3, 0.4) is 0 Å². The molecule has 0 aromatic heterocycles. The molecule has 0 amide bonds. The average molecular weight is 340 g/mol. The van der Waals surface area contributed by atoms with Crippen LogP contribution in [-0.2, 0) is 0 Å². The third-order valence-corrected chi connectivity index (χ3v) is 5.27. The van der Waals surface area contributed by atoms with Gasteiger partial charge in [0.1, 0.15) is 4.32 Å². The lowest BCUT2D eigenvalue weighted by Crippen LogP contribution is -2.33. The zero-order chi connectivity index (χ0) is 15.2. The summed E-state index contributed by atoms with van der Waals surface area (Å²) in [6, 6.07) is 6.88. The molecule has 1 fully saturated rings. The van der Waals surface area contributed by atoms with E-state index >= 15 is 0 Å². The molecule has 1 aromatic rings. The number of benzene rings is 1. The van der Waals surface area contributed by atoms with E-state index in [9.17, 15) is 4.79 Å². The van der Waals surface area contributed by atoms with E-state index in [1.165, 1.54) is 31.0 Å². The number of nitrogens with zero attached hydrogens (tertiary/aromatic N) is 1. The van der Waals surface area contributed by atoms with E-state index in [0.29, 0.717) is 21.9 Å². The average Bonchev–Trinajstić information content (AvgIpc) is 2.53. The van der Waals surface area contributed by atoms with Gasteiger partial charge in [-0.15, -0.1) is 0 Å². The van der Waals surface area contributed by atoms with Gasteiger partial charge in [0, 0.05) is 35.0 Å². The van der Waals surface area contributed by atoms with Crippen molar-refractivity contribution in [2.24, 2.45) is 0 Å². The zero-order valence-electron chi connectivity index (χ0n) is 11.8. The number of halogens is 1. The van der Waals surface area contributed by atoms with Gasteiger partial charge >= 0.3 is 0 Å². The van der Waals surface area contributed by atoms with Crippen LogP contribution in [0.5, 0.6) is 0 Å². The van der Waals surface area contributed by atoms with Gasteiger partial charge in [0.15, 0.2) is 5.78 Å². The summed E-state index contributed by atoms with van der Waals surface area (Å²) in [7, 11) is 0. The number of Topliss-reactive ketones (excluding diaryl/α,β-unsaturated/α-hetero) is 1. The van der Waals surface area contributed by atoms with Gasteiger partial charge in [0.05, 0.1) is 0 Å². The fourth-order valence-electron chi connectivity index (χ4n) is 2.19. The first-order valence-corrected chi connectivity index (χ1v) is 8.75. The number of carbonyl (C=O) groups is 1. The van der Waals surface area contributed by atoms with Crippen LogP contribution in [0.15, 0.2) is 36.4 Å². The number of rotatable bonds is 4. The summed E-state index contributed by atoms with van der Waals surface area (Å²) in [5.74, 6) is 0.497. The molecule has 1 aromatic carbocycles. The molecule has 2 nitrogen and oxygen atoms in total. The number of carbonyl (C=O) groups excluding carboxylic acids is 1. The molecular weight excluding hydrogens is 322 g/mol. The van der Waals surface area contributed by atoms with Crippen LogP contribution in [0.2, 0.25) is 5.02 Å². The van der Waals surface area contributed by atoms with E-state index in [1.54, 1.807) is 24.3 Å². The van der Waals surface area contributed by atoms with E-state index in [1.807, 2.05) is 0 Å². The highest BCUT2D eigenvalue weighted by Crippen LogP contribution is 2.20. The first-order chi connectivity index (χ1) is 10.1. The molecule has 1 saturated heterocycles. The Hall–Kier alpha value is -0.840. The minimum Gasteiger partial charge on any atom is -0.358 e. The zero-order valence-corrected chi connectivity index (χ0v) is 14.2. The summed E-state index contributed by atoms with van der Waals surface area (Å²) in [6.45, 7) is 5.95. The Labute approximate surface area is 140 Å². The van der Waals surface area contributed by atoms with Gasteiger partial charge in [-0.3, -0.25) is 4.79 Å². The molecule has 1 heterocycles. The second-order valence-electron chi connectivity index (χ2n) is 5.04. The number of hydrogen-bond donors (Lipinski definition) is 0. The molecule has 1 aliphatic rings. The normalized spacial score (nSPS) is 14.8. The van der Waals surface area contributed by atoms with Crippen molar-refractivity contribution in [1.29, 1.82) is 0 Å². The maximum Gasteiger partial charge on any atom is 0.189 e. The van der Waals surface area contributed by atoms with Crippen LogP contribution in [0, 0.1) is 0 Å². The molecule has 21 heavy (non-hydrogen) atoms. The van der Waals surface area contributed by atoms with Gasteiger partial charge in [-0.05, 0) is 43.5 Å². The number of thioether (sulfide) groups is 1. The van der Waals surface area contributed by atoms with Gasteiger partial charge in [0.2, 0.25) is 0 Å². The number of piperidine rings is 1. The molecule has 0 N–H and O–H groups in total. The molecule has 1 aliphatic heterocycles. The largest absolute Gasteiger partial charge is 0.358 e. The van der Waals surface area contributed by atoms with E-state index < -0.39 is 0 Å². The molecule has 5 heteroatoms. The van der Waals surface area contributed by atoms with E-state index in [0.717, 1.165) is 17.4 Å². The van der Waals surface area contributed by atoms with Crippen molar-refractivity contribution in [3.05, 3.63) is 47.0 Å². The van der Waals surface area contributed by atoms with Gasteiger partial charge in [-0.25, -0.2) is 0 Å². The molecule has 0 spiro atoms. The van der Waals surface area contributed by atoms with Crippen LogP contribution in [0.1, 0.15) is 29.6 Å². The van der Waals surface area contributed by atoms with E-state index in [4.69, 9.17) is 23.8 Å². The molecule has 0 radical (unpaired) electrons. The smallest absolute Gasteiger partial charge is 0.189 e. The van der Waals surface area contributed by atoms with Gasteiger partial charge in [-0.1, -0.05) is 42.2 Å². The Bertz CT molecular complexity index is 536. The van der Waals surface area contributed by atoms with Crippen molar-refractivity contribution < 1.29 is 4.79 Å². The number of thiocarbonyl (C=S) groups is 1. The number of likely N-dealkylation sites (tertiary alicyclic amines) is 1. The topological polar surface area (TPSA) is 20.3 Å². The minimum atomic E-state index is -0.0411. The third kappa shape index (κ3) is 4.83. The molecule has 112 valence electrons. The monoisotopic (exact) mass is 339 g/mol. The van der Waals surface area contributed by atoms with Crippen LogP contribution >= 0.6 is 35.6 Å². The van der Waals surface area contributed by atoms with Crippen molar-refractivity contribution >= 4 is 45.7 Å². The van der Waals surface area contributed by atoms with Crippen LogP contribution < -0.4 is 0 Å². The Morgan fingerprint density at radius 2 is 1.86 bits per heavy atom. The predicted molar refractivity (Wildman–Crippen MR) is 95.4 cm³/mol. The molecule has 0 unspecified atom stereocenters. The fourth-order valence-corrected chi connectivity index (χ4v) is 3.47. The van der Waals surface area contributed by atoms with Crippen LogP contribution in [0.25, 0.3) is 0 Å². The molecule has 0 saturated carbocycles. The molecule has 0 bridgehead atoms. The van der Waals surface area contributed by atoms with Gasteiger partial charge in [0.25, 0.3) is 0 Å². The lowest BCUT2D eigenvalue weighted by atomic mass is 10.1. The standard InChI is InChI=1S/C16H18ClNOS2/c1-12(15(19)13-5-7-14(17)8-6-13)11-21-16(20)18-9-3-2-4-10-18/h5-8H,1-4,9-11H2. The maximum absolute atomic E-state index is 12.2. The number of ketones is 1. The maximum atomic E-state index is 12.2. The van der Waals surface area contributed by atoms with E-state index in [2.05, 4.69) is 11.5 Å². The Morgan fingerprint density at radius 1 is 1.24 bits per heavy atom. The Morgan fingerprint density at radius 3 is 2.48 bits per heavy atom. The van der Waals surface area contributed by atoms with E-state index in [-0.39, 0.29) is 5.78 Å². The SMILES string of the molecule is C=C(CSC(=S)N1CCCCC1)C(=O)c1ccc(Cl)cc1. The summed E-state index contributed by atoms with van der Waals surface area (Å²) in [6.07, 6.45) is 3.68. The predicted octanol–water partition coefficient (Wildman–Crippen LogP) is 4.58. The van der Waals surface area contributed by atoms with Crippen LogP contribution in [0.4, 0.5) is 0 Å². The molecule has 0 atom stereocenters.